The molecule has 6 nitrogen and oxygen atoms in total. The summed E-state index contributed by atoms with van der Waals surface area (Å²) in [6, 6.07) is 7.96. The van der Waals surface area contributed by atoms with Gasteiger partial charge >= 0.3 is 0 Å². The molecule has 0 amide bonds. The fourth-order valence-electron chi connectivity index (χ4n) is 3.52. The van der Waals surface area contributed by atoms with Crippen molar-refractivity contribution in [2.45, 2.75) is 26.3 Å². The largest absolute Gasteiger partial charge is 0.361 e. The van der Waals surface area contributed by atoms with Crippen LogP contribution in [0.4, 0.5) is 11.8 Å². The summed E-state index contributed by atoms with van der Waals surface area (Å²) in [6.45, 7) is 3.32. The van der Waals surface area contributed by atoms with Crippen molar-refractivity contribution in [1.29, 1.82) is 0 Å². The molecule has 1 fully saturated rings. The molecule has 142 valence electrons. The number of nitrogens with zero attached hydrogens (tertiary/aromatic N) is 3. The third kappa shape index (κ3) is 3.47. The molecule has 3 N–H and O–H groups in total. The van der Waals surface area contributed by atoms with E-state index in [1.807, 2.05) is 37.4 Å². The lowest BCUT2D eigenvalue weighted by molar-refractivity contribution is 0.959. The molecular weight excluding hydrogens is 372 g/mol. The summed E-state index contributed by atoms with van der Waals surface area (Å²) in [6.07, 6.45) is 6.65. The Labute approximate surface area is 168 Å². The molecule has 1 aliphatic heterocycles. The van der Waals surface area contributed by atoms with E-state index in [9.17, 15) is 0 Å². The summed E-state index contributed by atoms with van der Waals surface area (Å²) in [5.74, 6) is 2.94. The molecule has 0 unspecified atom stereocenters. The lowest BCUT2D eigenvalue weighted by atomic mass is 10.1. The highest BCUT2D eigenvalue weighted by Crippen LogP contribution is 2.37. The van der Waals surface area contributed by atoms with Gasteiger partial charge in [-0.25, -0.2) is 4.98 Å². The molecule has 7 heteroatoms. The maximum Gasteiger partial charge on any atom is 0.225 e. The Morgan fingerprint density at radius 1 is 1.21 bits per heavy atom. The normalized spacial score (nSPS) is 16.2. The van der Waals surface area contributed by atoms with E-state index < -0.39 is 0 Å². The van der Waals surface area contributed by atoms with Crippen molar-refractivity contribution < 1.29 is 0 Å². The van der Waals surface area contributed by atoms with Gasteiger partial charge < -0.3 is 15.6 Å². The van der Waals surface area contributed by atoms with Crippen LogP contribution in [0.15, 0.2) is 47.1 Å². The number of aryl methyl sites for hydroxylation is 1. The van der Waals surface area contributed by atoms with E-state index in [1.54, 1.807) is 0 Å². The average Bonchev–Trinajstić information content (AvgIpc) is 3.22. The van der Waals surface area contributed by atoms with Gasteiger partial charge in [0.2, 0.25) is 5.95 Å². The first-order chi connectivity index (χ1) is 13.7. The first-order valence-electron chi connectivity index (χ1n) is 9.52. The van der Waals surface area contributed by atoms with Gasteiger partial charge in [-0.15, -0.1) is 0 Å². The lowest BCUT2D eigenvalue weighted by Gasteiger charge is -2.10. The predicted octanol–water partition coefficient (Wildman–Crippen LogP) is 4.69. The van der Waals surface area contributed by atoms with E-state index in [0.29, 0.717) is 12.5 Å². The molecule has 1 aliphatic carbocycles. The van der Waals surface area contributed by atoms with E-state index in [4.69, 9.17) is 11.6 Å². The van der Waals surface area contributed by atoms with Gasteiger partial charge in [-0.3, -0.25) is 4.99 Å². The third-order valence-electron chi connectivity index (χ3n) is 5.15. The second-order valence-electron chi connectivity index (χ2n) is 7.37. The van der Waals surface area contributed by atoms with Gasteiger partial charge in [-0.1, -0.05) is 17.7 Å². The Kier molecular flexibility index (Phi) is 4.28. The number of nitrogens with one attached hydrogen (secondary N) is 3. The van der Waals surface area contributed by atoms with Crippen LogP contribution >= 0.6 is 11.6 Å². The molecule has 28 heavy (non-hydrogen) atoms. The molecule has 1 aromatic carbocycles. The van der Waals surface area contributed by atoms with E-state index in [2.05, 4.69) is 36.7 Å². The summed E-state index contributed by atoms with van der Waals surface area (Å²) in [7, 11) is 0. The summed E-state index contributed by atoms with van der Waals surface area (Å²) >= 11 is 6.53. The number of hydrogen-bond acceptors (Lipinski definition) is 5. The highest BCUT2D eigenvalue weighted by Gasteiger charge is 2.27. The van der Waals surface area contributed by atoms with Gasteiger partial charge in [0.05, 0.1) is 11.6 Å². The summed E-state index contributed by atoms with van der Waals surface area (Å²) in [5, 5.41) is 8.37. The second kappa shape index (κ2) is 6.95. The maximum atomic E-state index is 6.53. The van der Waals surface area contributed by atoms with Crippen molar-refractivity contribution in [3.63, 3.8) is 0 Å². The highest BCUT2D eigenvalue weighted by atomic mass is 35.5. The molecule has 1 saturated carbocycles. The van der Waals surface area contributed by atoms with Crippen LogP contribution in [0.5, 0.6) is 0 Å². The fraction of sp³-hybridized carbons (Fsp3) is 0.286. The van der Waals surface area contributed by atoms with Crippen molar-refractivity contribution in [3.05, 3.63) is 58.4 Å². The first-order valence-corrected chi connectivity index (χ1v) is 9.89. The summed E-state index contributed by atoms with van der Waals surface area (Å²) in [4.78, 5) is 16.8. The number of rotatable bonds is 5. The lowest BCUT2D eigenvalue weighted by Crippen LogP contribution is -2.11. The van der Waals surface area contributed by atoms with Crippen LogP contribution < -0.4 is 10.6 Å². The van der Waals surface area contributed by atoms with E-state index in [0.717, 1.165) is 51.3 Å². The van der Waals surface area contributed by atoms with Gasteiger partial charge in [0.1, 0.15) is 11.7 Å². The Hall–Kier alpha value is -2.86. The smallest absolute Gasteiger partial charge is 0.225 e. The molecule has 2 aliphatic rings. The third-order valence-corrected chi connectivity index (χ3v) is 5.60. The zero-order valence-corrected chi connectivity index (χ0v) is 16.3. The van der Waals surface area contributed by atoms with Crippen molar-refractivity contribution in [2.75, 3.05) is 17.2 Å². The molecule has 0 radical (unpaired) electrons. The van der Waals surface area contributed by atoms with Crippen LogP contribution in [0.3, 0.4) is 0 Å². The van der Waals surface area contributed by atoms with Crippen LogP contribution in [-0.4, -0.2) is 27.3 Å². The minimum atomic E-state index is 0.551. The fourth-order valence-corrected chi connectivity index (χ4v) is 3.81. The van der Waals surface area contributed by atoms with Crippen LogP contribution in [0, 0.1) is 12.8 Å². The van der Waals surface area contributed by atoms with E-state index in [1.165, 1.54) is 18.4 Å². The Balaban J connectivity index is 1.30. The molecular formula is C21H21ClN6. The number of anilines is 2. The molecule has 0 spiro atoms. The van der Waals surface area contributed by atoms with Gasteiger partial charge in [-0.2, -0.15) is 4.98 Å². The Morgan fingerprint density at radius 2 is 2.11 bits per heavy atom. The highest BCUT2D eigenvalue weighted by molar-refractivity contribution is 6.36. The van der Waals surface area contributed by atoms with Crippen molar-refractivity contribution in [2.24, 2.45) is 10.9 Å². The van der Waals surface area contributed by atoms with Crippen LogP contribution in [0.25, 0.3) is 10.9 Å². The number of aliphatic imine (C=N–C) groups is 1. The number of fused-ring (bicyclic) bond motifs is 1. The van der Waals surface area contributed by atoms with Gasteiger partial charge in [0, 0.05) is 35.4 Å². The molecule has 0 saturated heterocycles. The zero-order chi connectivity index (χ0) is 19.1. The first kappa shape index (κ1) is 17.3. The van der Waals surface area contributed by atoms with Gasteiger partial charge in [0.15, 0.2) is 0 Å². The molecule has 0 bridgehead atoms. The maximum absolute atomic E-state index is 6.53. The molecule has 3 aromatic rings. The number of hydrogen-bond donors (Lipinski definition) is 3. The molecule has 0 atom stereocenters. The number of amidine groups is 1. The quantitative estimate of drug-likeness (QED) is 0.588. The SMILES string of the molecule is Cc1cc(NC2=NCC(C3CC3)=C2)nc(NCc2ccc3[nH]ccc3c2Cl)n1. The summed E-state index contributed by atoms with van der Waals surface area (Å²) in [5.41, 5.74) is 4.35. The summed E-state index contributed by atoms with van der Waals surface area (Å²) < 4.78 is 0. The number of aromatic amines is 1. The van der Waals surface area contributed by atoms with Crippen molar-refractivity contribution in [3.8, 4) is 0 Å². The number of halogens is 1. The van der Waals surface area contributed by atoms with Gasteiger partial charge in [0.25, 0.3) is 0 Å². The molecule has 5 rings (SSSR count). The minimum absolute atomic E-state index is 0.551. The van der Waals surface area contributed by atoms with Crippen LogP contribution in [-0.2, 0) is 6.54 Å². The number of benzene rings is 1. The standard InChI is InChI=1S/C21H21ClN6/c1-12-8-19(27-18-9-15(11-24-18)13-2-3-13)28-21(26-12)25-10-14-4-5-17-16(20(14)22)6-7-23-17/h4-9,13,23H,2-3,10-11H2,1H3,(H2,24,25,26,27,28). The van der Waals surface area contributed by atoms with Crippen LogP contribution in [0.2, 0.25) is 5.02 Å². The molecule has 3 heterocycles. The van der Waals surface area contributed by atoms with E-state index >= 15 is 0 Å². The minimum Gasteiger partial charge on any atom is -0.361 e. The topological polar surface area (TPSA) is 78.0 Å². The second-order valence-corrected chi connectivity index (χ2v) is 7.75. The van der Waals surface area contributed by atoms with Crippen LogP contribution in [0.1, 0.15) is 24.1 Å². The predicted molar refractivity (Wildman–Crippen MR) is 114 cm³/mol. The average molecular weight is 393 g/mol. The zero-order valence-electron chi connectivity index (χ0n) is 15.6. The Bertz CT molecular complexity index is 1110. The number of H-pyrrole nitrogens is 1. The van der Waals surface area contributed by atoms with Crippen molar-refractivity contribution in [1.82, 2.24) is 15.0 Å². The Morgan fingerprint density at radius 3 is 2.96 bits per heavy atom. The molecule has 2 aromatic heterocycles. The van der Waals surface area contributed by atoms with E-state index in [-0.39, 0.29) is 0 Å². The van der Waals surface area contributed by atoms with Crippen molar-refractivity contribution >= 4 is 40.1 Å². The van der Waals surface area contributed by atoms with Gasteiger partial charge in [-0.05, 0) is 55.0 Å². The monoisotopic (exact) mass is 392 g/mol. The number of aromatic nitrogens is 3.